The Morgan fingerprint density at radius 2 is 1.60 bits per heavy atom. The van der Waals surface area contributed by atoms with Crippen LogP contribution in [0.15, 0.2) is 66.7 Å². The van der Waals surface area contributed by atoms with Gasteiger partial charge in [0.25, 0.3) is 0 Å². The van der Waals surface area contributed by atoms with E-state index in [1.807, 2.05) is 42.5 Å². The lowest BCUT2D eigenvalue weighted by atomic mass is 9.74. The summed E-state index contributed by atoms with van der Waals surface area (Å²) < 4.78 is 49.2. The van der Waals surface area contributed by atoms with Crippen LogP contribution in [0.2, 0.25) is 0 Å². The summed E-state index contributed by atoms with van der Waals surface area (Å²) in [6.07, 6.45) is -2.55. The zero-order valence-corrected chi connectivity index (χ0v) is 23.6. The van der Waals surface area contributed by atoms with Crippen LogP contribution in [-0.2, 0) is 31.8 Å². The monoisotopic (exact) mass is 705 g/mol. The zero-order chi connectivity index (χ0) is 24.9. The van der Waals surface area contributed by atoms with Gasteiger partial charge in [0.1, 0.15) is 0 Å². The predicted octanol–water partition coefficient (Wildman–Crippen LogP) is 8.08. The fourth-order valence-electron chi connectivity index (χ4n) is 4.76. The maximum Gasteiger partial charge on any atom is 0.416 e. The van der Waals surface area contributed by atoms with Gasteiger partial charge in [-0.05, 0) is 77.5 Å². The van der Waals surface area contributed by atoms with Gasteiger partial charge in [-0.2, -0.15) is 13.2 Å². The van der Waals surface area contributed by atoms with Crippen LogP contribution in [0.25, 0.3) is 11.1 Å². The first kappa shape index (κ1) is 26.9. The Morgan fingerprint density at radius 3 is 2.26 bits per heavy atom. The van der Waals surface area contributed by atoms with Crippen LogP contribution in [0.1, 0.15) is 40.7 Å². The third-order valence-electron chi connectivity index (χ3n) is 6.70. The van der Waals surface area contributed by atoms with Gasteiger partial charge in [-0.15, -0.1) is 0 Å². The van der Waals surface area contributed by atoms with Crippen molar-refractivity contribution in [1.29, 1.82) is 0 Å². The van der Waals surface area contributed by atoms with E-state index < -0.39 is 11.7 Å². The van der Waals surface area contributed by atoms with Crippen LogP contribution < -0.4 is 5.32 Å². The summed E-state index contributed by atoms with van der Waals surface area (Å²) in [6, 6.07) is 20.8. The van der Waals surface area contributed by atoms with E-state index in [2.05, 4.69) is 62.6 Å². The molecule has 0 unspecified atom stereocenters. The molecule has 0 spiro atoms. The summed E-state index contributed by atoms with van der Waals surface area (Å²) in [7, 11) is 0. The van der Waals surface area contributed by atoms with Crippen LogP contribution in [0.3, 0.4) is 0 Å². The molecule has 0 saturated carbocycles. The number of ether oxygens (including phenoxy) is 1. The number of hydrogen-bond acceptors (Lipinski definition) is 2. The van der Waals surface area contributed by atoms with Gasteiger partial charge in [0.05, 0.1) is 18.8 Å². The number of alkyl halides is 5. The average Bonchev–Trinajstić information content (AvgIpc) is 2.88. The second-order valence-electron chi connectivity index (χ2n) is 9.06. The maximum atomic E-state index is 13.8. The van der Waals surface area contributed by atoms with Gasteiger partial charge < -0.3 is 10.1 Å². The second-order valence-corrected chi connectivity index (χ2v) is 10.6. The summed E-state index contributed by atoms with van der Waals surface area (Å²) in [5.41, 5.74) is 4.60. The molecule has 0 aliphatic carbocycles. The van der Waals surface area contributed by atoms with E-state index in [0.717, 1.165) is 51.5 Å². The number of benzene rings is 3. The van der Waals surface area contributed by atoms with Crippen molar-refractivity contribution in [2.45, 2.75) is 39.9 Å². The molecule has 7 heteroatoms. The van der Waals surface area contributed by atoms with E-state index in [-0.39, 0.29) is 12.0 Å². The van der Waals surface area contributed by atoms with Gasteiger partial charge >= 0.3 is 6.18 Å². The third-order valence-corrected chi connectivity index (χ3v) is 8.40. The van der Waals surface area contributed by atoms with E-state index in [0.29, 0.717) is 17.7 Å². The van der Waals surface area contributed by atoms with Crippen molar-refractivity contribution in [3.63, 3.8) is 0 Å². The topological polar surface area (TPSA) is 21.3 Å². The summed E-state index contributed by atoms with van der Waals surface area (Å²) in [4.78, 5) is 0. The van der Waals surface area contributed by atoms with Crippen molar-refractivity contribution in [3.05, 3.63) is 94.5 Å². The minimum atomic E-state index is -4.42. The predicted molar refractivity (Wildman–Crippen MR) is 152 cm³/mol. The van der Waals surface area contributed by atoms with E-state index in [9.17, 15) is 13.2 Å². The molecule has 0 atom stereocenters. The molecule has 0 radical (unpaired) electrons. The van der Waals surface area contributed by atoms with Gasteiger partial charge in [-0.3, -0.25) is 0 Å². The largest absolute Gasteiger partial charge is 0.416 e. The molecule has 3 aromatic rings. The quantitative estimate of drug-likeness (QED) is 0.189. The summed E-state index contributed by atoms with van der Waals surface area (Å²) in [5, 5.41) is 3.41. The molecule has 0 aromatic heterocycles. The zero-order valence-electron chi connectivity index (χ0n) is 19.3. The molecule has 1 heterocycles. The molecule has 4 rings (SSSR count). The van der Waals surface area contributed by atoms with Crippen molar-refractivity contribution in [3.8, 4) is 11.1 Å². The Hall–Kier alpha value is -1.17. The summed E-state index contributed by atoms with van der Waals surface area (Å²) in [5.74, 6) is 0. The molecule has 3 aromatic carbocycles. The molecule has 1 saturated heterocycles. The normalized spacial score (nSPS) is 15.8. The number of hydrogen-bond donors (Lipinski definition) is 1. The first-order valence-corrected chi connectivity index (χ1v) is 14.7. The molecule has 0 amide bonds. The van der Waals surface area contributed by atoms with Gasteiger partial charge in [0.2, 0.25) is 0 Å². The van der Waals surface area contributed by atoms with Crippen molar-refractivity contribution < 1.29 is 17.9 Å². The molecule has 35 heavy (non-hydrogen) atoms. The molecule has 1 aliphatic heterocycles. The lowest BCUT2D eigenvalue weighted by Crippen LogP contribution is -2.43. The molecule has 1 aliphatic rings. The Morgan fingerprint density at radius 1 is 0.857 bits per heavy atom. The highest BCUT2D eigenvalue weighted by Gasteiger charge is 2.34. The van der Waals surface area contributed by atoms with Crippen LogP contribution in [0, 0.1) is 0 Å². The highest BCUT2D eigenvalue weighted by molar-refractivity contribution is 14.1. The SMILES string of the molecule is FC(F)(F)c1cc(COCC2(c3ccccc3)CCNCC2)cc(-c2cc(CI)ccc2CI)c1. The fraction of sp³-hybridized carbons (Fsp3) is 0.357. The van der Waals surface area contributed by atoms with Crippen LogP contribution in [0.4, 0.5) is 13.2 Å². The highest BCUT2D eigenvalue weighted by atomic mass is 127. The Labute approximate surface area is 232 Å². The molecular weight excluding hydrogens is 677 g/mol. The van der Waals surface area contributed by atoms with Crippen LogP contribution in [-0.4, -0.2) is 19.7 Å². The van der Waals surface area contributed by atoms with E-state index >= 15 is 0 Å². The van der Waals surface area contributed by atoms with E-state index in [1.165, 1.54) is 17.7 Å². The standard InChI is InChI=1S/C28H28F3I2NO/c29-28(30,31)25-13-21(12-23(15-25)26-14-20(16-32)6-7-22(26)17-33)18-35-19-27(8-10-34-11-9-27)24-4-2-1-3-5-24/h1-7,12-15,34H,8-11,16-19H2. The molecule has 1 fully saturated rings. The van der Waals surface area contributed by atoms with Crippen molar-refractivity contribution >= 4 is 45.2 Å². The van der Waals surface area contributed by atoms with Gasteiger partial charge in [0.15, 0.2) is 0 Å². The average molecular weight is 705 g/mol. The number of rotatable bonds is 8. The first-order valence-electron chi connectivity index (χ1n) is 11.6. The number of halogens is 5. The maximum absolute atomic E-state index is 13.8. The van der Waals surface area contributed by atoms with Crippen molar-refractivity contribution in [1.82, 2.24) is 5.32 Å². The highest BCUT2D eigenvalue weighted by Crippen LogP contribution is 2.37. The minimum absolute atomic E-state index is 0.125. The summed E-state index contributed by atoms with van der Waals surface area (Å²) >= 11 is 4.54. The molecule has 1 N–H and O–H groups in total. The Kier molecular flexibility index (Phi) is 9.15. The molecule has 186 valence electrons. The lowest BCUT2D eigenvalue weighted by molar-refractivity contribution is -0.137. The fourth-order valence-corrected chi connectivity index (χ4v) is 5.90. The van der Waals surface area contributed by atoms with E-state index in [4.69, 9.17) is 4.74 Å². The second kappa shape index (κ2) is 11.9. The number of nitrogens with one attached hydrogen (secondary N) is 1. The van der Waals surface area contributed by atoms with Crippen LogP contribution in [0.5, 0.6) is 0 Å². The van der Waals surface area contributed by atoms with Gasteiger partial charge in [-0.1, -0.05) is 93.7 Å². The minimum Gasteiger partial charge on any atom is -0.376 e. The smallest absolute Gasteiger partial charge is 0.376 e. The molecule has 2 nitrogen and oxygen atoms in total. The summed E-state index contributed by atoms with van der Waals surface area (Å²) in [6.45, 7) is 2.43. The molecular formula is C28H28F3I2NO. The van der Waals surface area contributed by atoms with Crippen molar-refractivity contribution in [2.24, 2.45) is 0 Å². The first-order chi connectivity index (χ1) is 16.8. The number of piperidine rings is 1. The van der Waals surface area contributed by atoms with E-state index in [1.54, 1.807) is 0 Å². The Balaban J connectivity index is 1.63. The van der Waals surface area contributed by atoms with Gasteiger partial charge in [-0.25, -0.2) is 0 Å². The van der Waals surface area contributed by atoms with Gasteiger partial charge in [0, 0.05) is 14.3 Å². The Bertz CT molecular complexity index is 1130. The van der Waals surface area contributed by atoms with Crippen molar-refractivity contribution in [2.75, 3.05) is 19.7 Å². The lowest BCUT2D eigenvalue weighted by Gasteiger charge is -2.38. The third kappa shape index (κ3) is 6.59. The van der Waals surface area contributed by atoms with Crippen LogP contribution >= 0.6 is 45.2 Å². The molecule has 0 bridgehead atoms.